The first-order valence-electron chi connectivity index (χ1n) is 19.7. The molecule has 2 aromatic rings. The predicted molar refractivity (Wildman–Crippen MR) is 207 cm³/mol. The number of Topliss-reactive ketones (excluding diaryl/α,β-unsaturated/α-hetero) is 2. The van der Waals surface area contributed by atoms with E-state index in [0.717, 1.165) is 6.92 Å². The maximum atomic E-state index is 16.8. The topological polar surface area (TPSA) is 234 Å². The molecule has 2 aromatic heterocycles. The molecule has 5 rings (SSSR count). The summed E-state index contributed by atoms with van der Waals surface area (Å²) < 4.78 is 48.3. The smallest absolute Gasteiger partial charge is 0.411 e. The molecule has 0 aliphatic carbocycles. The van der Waals surface area contributed by atoms with Crippen LogP contribution in [0.1, 0.15) is 74.7 Å². The monoisotopic (exact) mass is 815 g/mol. The minimum Gasteiger partial charge on any atom is -0.455 e. The lowest BCUT2D eigenvalue weighted by Crippen LogP contribution is -2.61. The van der Waals surface area contributed by atoms with Gasteiger partial charge in [0.1, 0.15) is 29.5 Å². The normalized spacial score (nSPS) is 38.0. The average molecular weight is 816 g/mol. The van der Waals surface area contributed by atoms with Crippen molar-refractivity contribution < 1.29 is 52.4 Å². The molecule has 17 nitrogen and oxygen atoms in total. The number of hydrogen-bond donors (Lipinski definition) is 3. The molecule has 2 unspecified atom stereocenters. The molecule has 3 aliphatic heterocycles. The van der Waals surface area contributed by atoms with Gasteiger partial charge in [-0.1, -0.05) is 51.1 Å². The number of carbonyl (C=O) groups is 4. The number of rotatable bonds is 9. The molecule has 3 saturated heterocycles. The number of nitrogens with zero attached hydrogens (tertiary/aromatic N) is 5. The number of cyclic esters (lactones) is 1. The minimum absolute atomic E-state index is 0.0133. The van der Waals surface area contributed by atoms with E-state index in [4.69, 9.17) is 35.2 Å². The third-order valence-corrected chi connectivity index (χ3v) is 11.9. The van der Waals surface area contributed by atoms with E-state index in [0.29, 0.717) is 23.6 Å². The van der Waals surface area contributed by atoms with Gasteiger partial charge in [0.25, 0.3) is 5.67 Å². The molecule has 0 spiro atoms. The molecule has 58 heavy (non-hydrogen) atoms. The number of nitrogens with two attached hydrogens (primary N) is 2. The van der Waals surface area contributed by atoms with Crippen LogP contribution in [0, 0.1) is 17.8 Å². The number of aliphatic hydroxyl groups excluding tert-OH is 1. The number of ketones is 2. The number of nitrogen functional groups attached to an aromatic ring is 1. The fourth-order valence-corrected chi connectivity index (χ4v) is 8.69. The Morgan fingerprint density at radius 1 is 1.05 bits per heavy atom. The second-order valence-electron chi connectivity index (χ2n) is 16.4. The first-order chi connectivity index (χ1) is 27.2. The van der Waals surface area contributed by atoms with E-state index in [-0.39, 0.29) is 31.7 Å². The standard InChI is InChI=1S/C40H58FN7O10/c1-10-28-40(8)32(48(37(53)58-40)17-12-11-16-47-20-27(45-46-47)26-14-13-15-29(43)44-26)23(4)30(49)21(2)19-38(6,54-9)34(24(5)33(51)39(7,41)36(52)56-28)57-35-31(50)25(42)18-22(3)55-35/h11-15,20-25,28,31-32,34-35,50H,10,16-19,42H2,1-9H3,(H2,43,44)/b12-11+/t21-,22-,23+,24+,25?,28-,31?,32-,34-,35+,38-,39+,40-/m1/s1. The molecule has 1 amide bonds. The first kappa shape index (κ1) is 44.7. The summed E-state index contributed by atoms with van der Waals surface area (Å²) in [5.41, 5.74) is 6.70. The summed E-state index contributed by atoms with van der Waals surface area (Å²) in [6, 6.07) is 3.45. The van der Waals surface area contributed by atoms with Crippen molar-refractivity contribution in [3.63, 3.8) is 0 Å². The van der Waals surface area contributed by atoms with E-state index < -0.39 is 95.3 Å². The number of aliphatic hydroxyl groups is 1. The van der Waals surface area contributed by atoms with Crippen LogP contribution in [-0.2, 0) is 44.6 Å². The maximum absolute atomic E-state index is 16.8. The molecule has 0 saturated carbocycles. The van der Waals surface area contributed by atoms with Gasteiger partial charge in [0.05, 0.1) is 42.3 Å². The summed E-state index contributed by atoms with van der Waals surface area (Å²) in [6.07, 6.45) is -0.971. The number of esters is 1. The highest BCUT2D eigenvalue weighted by atomic mass is 19.1. The Kier molecular flexibility index (Phi) is 13.5. The Bertz CT molecular complexity index is 1860. The molecule has 13 atom stereocenters. The van der Waals surface area contributed by atoms with Crippen LogP contribution in [-0.4, -0.2) is 127 Å². The second kappa shape index (κ2) is 17.5. The third-order valence-electron chi connectivity index (χ3n) is 11.9. The Balaban J connectivity index is 1.48. The van der Waals surface area contributed by atoms with Crippen molar-refractivity contribution in [1.29, 1.82) is 0 Å². The quantitative estimate of drug-likeness (QED) is 0.187. The number of methoxy groups -OCH3 is 1. The zero-order chi connectivity index (χ0) is 42.9. The lowest BCUT2D eigenvalue weighted by molar-refractivity contribution is -0.288. The van der Waals surface area contributed by atoms with Gasteiger partial charge in [-0.25, -0.2) is 23.6 Å². The van der Waals surface area contributed by atoms with Crippen molar-refractivity contribution in [3.8, 4) is 11.4 Å². The second-order valence-corrected chi connectivity index (χ2v) is 16.4. The summed E-state index contributed by atoms with van der Waals surface area (Å²) in [5, 5.41) is 19.3. The fraction of sp³-hybridized carbons (Fsp3) is 0.675. The molecule has 3 fully saturated rings. The van der Waals surface area contributed by atoms with Crippen LogP contribution in [0.2, 0.25) is 0 Å². The number of anilines is 1. The van der Waals surface area contributed by atoms with Gasteiger partial charge in [-0.2, -0.15) is 0 Å². The molecule has 18 heteroatoms. The van der Waals surface area contributed by atoms with Crippen molar-refractivity contribution in [1.82, 2.24) is 24.9 Å². The minimum atomic E-state index is -3.21. The summed E-state index contributed by atoms with van der Waals surface area (Å²) in [5.74, 6) is -5.73. The van der Waals surface area contributed by atoms with E-state index in [9.17, 15) is 24.3 Å². The number of pyridine rings is 1. The highest BCUT2D eigenvalue weighted by Crippen LogP contribution is 2.43. The van der Waals surface area contributed by atoms with E-state index in [2.05, 4.69) is 15.3 Å². The highest BCUT2D eigenvalue weighted by molar-refractivity contribution is 6.08. The number of fused-ring (bicyclic) bond motifs is 1. The Hall–Kier alpha value is -4.36. The molecule has 0 radical (unpaired) electrons. The number of halogens is 1. The largest absolute Gasteiger partial charge is 0.455 e. The number of alkyl halides is 1. The average Bonchev–Trinajstić information content (AvgIpc) is 3.75. The van der Waals surface area contributed by atoms with Crippen LogP contribution in [0.3, 0.4) is 0 Å². The lowest BCUT2D eigenvalue weighted by Gasteiger charge is -2.46. The summed E-state index contributed by atoms with van der Waals surface area (Å²) in [4.78, 5) is 61.9. The van der Waals surface area contributed by atoms with Gasteiger partial charge < -0.3 is 40.3 Å². The van der Waals surface area contributed by atoms with Crippen LogP contribution in [0.5, 0.6) is 0 Å². The number of ether oxygens (including phenoxy) is 5. The van der Waals surface area contributed by atoms with E-state index in [1.807, 2.05) is 0 Å². The third kappa shape index (κ3) is 8.80. The van der Waals surface area contributed by atoms with Crippen molar-refractivity contribution in [2.24, 2.45) is 23.5 Å². The number of aromatic nitrogens is 4. The number of hydrogen-bond acceptors (Lipinski definition) is 15. The molecule has 0 bridgehead atoms. The van der Waals surface area contributed by atoms with Crippen LogP contribution in [0.25, 0.3) is 11.4 Å². The Labute approximate surface area is 337 Å². The van der Waals surface area contributed by atoms with Gasteiger partial charge in [0.2, 0.25) is 0 Å². The van der Waals surface area contributed by atoms with E-state index >= 15 is 4.39 Å². The number of amides is 1. The molecule has 5 N–H and O–H groups in total. The van der Waals surface area contributed by atoms with Crippen molar-refractivity contribution in [2.75, 3.05) is 19.4 Å². The van der Waals surface area contributed by atoms with Crippen LogP contribution < -0.4 is 11.5 Å². The highest BCUT2D eigenvalue weighted by Gasteiger charge is 2.61. The van der Waals surface area contributed by atoms with Gasteiger partial charge in [-0.15, -0.1) is 5.10 Å². The first-order valence-corrected chi connectivity index (χ1v) is 19.7. The predicted octanol–water partition coefficient (Wildman–Crippen LogP) is 3.17. The van der Waals surface area contributed by atoms with Gasteiger partial charge in [-0.05, 0) is 59.1 Å². The van der Waals surface area contributed by atoms with E-state index in [1.165, 1.54) is 18.9 Å². The van der Waals surface area contributed by atoms with Crippen molar-refractivity contribution >= 4 is 29.4 Å². The maximum Gasteiger partial charge on any atom is 0.411 e. The molecule has 5 heterocycles. The zero-order valence-electron chi connectivity index (χ0n) is 34.7. The summed E-state index contributed by atoms with van der Waals surface area (Å²) >= 11 is 0. The Morgan fingerprint density at radius 2 is 1.74 bits per heavy atom. The zero-order valence-corrected chi connectivity index (χ0v) is 34.7. The van der Waals surface area contributed by atoms with Gasteiger partial charge in [-0.3, -0.25) is 14.5 Å². The summed E-state index contributed by atoms with van der Waals surface area (Å²) in [7, 11) is 1.36. The molecular weight excluding hydrogens is 757 g/mol. The van der Waals surface area contributed by atoms with Crippen LogP contribution in [0.15, 0.2) is 36.5 Å². The lowest BCUT2D eigenvalue weighted by atomic mass is 9.73. The van der Waals surface area contributed by atoms with Gasteiger partial charge >= 0.3 is 12.1 Å². The van der Waals surface area contributed by atoms with Gasteiger partial charge in [0.15, 0.2) is 17.7 Å². The molecular formula is C40H58FN7O10. The number of carbonyl (C=O) groups excluding carboxylic acids is 4. The molecule has 3 aliphatic rings. The van der Waals surface area contributed by atoms with Crippen molar-refractivity contribution in [3.05, 3.63) is 36.5 Å². The molecule has 0 aromatic carbocycles. The van der Waals surface area contributed by atoms with Crippen LogP contribution in [0.4, 0.5) is 15.0 Å². The number of allylic oxidation sites excluding steroid dienone is 1. The van der Waals surface area contributed by atoms with Gasteiger partial charge in [0, 0.05) is 37.5 Å². The summed E-state index contributed by atoms with van der Waals surface area (Å²) in [6.45, 7) is 12.4. The van der Waals surface area contributed by atoms with Crippen molar-refractivity contribution in [2.45, 2.75) is 141 Å². The fourth-order valence-electron chi connectivity index (χ4n) is 8.69. The SMILES string of the molecule is CC[C@H]1OC(=O)[C@@](C)(F)C(=O)[C@H](C)[C@@H](O[C@@H]2O[C@H](C)CC(N)C2O)[C@](C)(OC)C[C@@H](C)C(=O)[C@H](C)[C@H]2N(C/C=C/Cn3cc(-c4cccc(N)n4)nn3)C(=O)O[C@]12C. The van der Waals surface area contributed by atoms with E-state index in [1.54, 1.807) is 82.8 Å². The Morgan fingerprint density at radius 3 is 2.40 bits per heavy atom. The molecule has 320 valence electrons. The van der Waals surface area contributed by atoms with Crippen LogP contribution >= 0.6 is 0 Å².